The Hall–Kier alpha value is -5.51. The van der Waals surface area contributed by atoms with Crippen LogP contribution in [0.3, 0.4) is 0 Å². The second kappa shape index (κ2) is 19.5. The van der Waals surface area contributed by atoms with Crippen molar-refractivity contribution in [2.45, 2.75) is 105 Å². The number of fused-ring (bicyclic) bond motifs is 1. The van der Waals surface area contributed by atoms with E-state index in [4.69, 9.17) is 33.2 Å². The Morgan fingerprint density at radius 2 is 1.29 bits per heavy atom. The summed E-state index contributed by atoms with van der Waals surface area (Å²) in [5.74, 6) is -4.38. The Balaban J connectivity index is 1.10. The molecule has 0 amide bonds. The van der Waals surface area contributed by atoms with Crippen LogP contribution in [-0.2, 0) is 33.2 Å². The van der Waals surface area contributed by atoms with Crippen molar-refractivity contribution in [3.8, 4) is 40.2 Å². The molecule has 354 valence electrons. The van der Waals surface area contributed by atoms with Gasteiger partial charge in [0, 0.05) is 18.2 Å². The van der Waals surface area contributed by atoms with E-state index in [1.807, 2.05) is 0 Å². The fraction of sp³-hybridized carbons (Fsp3) is 0.452. The molecule has 4 aliphatic rings. The van der Waals surface area contributed by atoms with Gasteiger partial charge in [-0.3, -0.25) is 0 Å². The van der Waals surface area contributed by atoms with Gasteiger partial charge < -0.3 is 109 Å². The Kier molecular flexibility index (Phi) is 14.3. The van der Waals surface area contributed by atoms with Crippen molar-refractivity contribution in [1.82, 2.24) is 0 Å². The van der Waals surface area contributed by atoms with E-state index < -0.39 is 140 Å². The fourth-order valence-corrected chi connectivity index (χ4v) is 7.49. The summed E-state index contributed by atoms with van der Waals surface area (Å²) in [5, 5.41) is 147. The molecule has 3 saturated heterocycles. The standard InChI is InChI=1S/C42H48O23/c1-15-38(65-28(48)7-4-16-2-5-18(44)6-3-16)34(54)37(57)40(59-15)58-14-27-31(51)33(53)36(56)42(64-27)62-25-12-20-23(60-39(25)17-8-21(46)29(49)22(47)9-17)10-19(45)11-24(20)61-41-35(55)32(52)30(50)26(13-43)63-41/h2-12,15,26-27,30-47,49-57H,13-14H2,1H3/p+1/b7-4-/t15-,26+,27+,30+,31+,32-,33-,34-,35+,36-,37-,38-,39?,40+,41+,42+/m0/s1. The van der Waals surface area contributed by atoms with Gasteiger partial charge in [-0.1, -0.05) is 12.1 Å². The number of esters is 1. The van der Waals surface area contributed by atoms with Gasteiger partial charge >= 0.3 is 5.97 Å². The summed E-state index contributed by atoms with van der Waals surface area (Å²) < 4.78 is 44.5. The average Bonchev–Trinajstić information content (AvgIpc) is 3.27. The van der Waals surface area contributed by atoms with Gasteiger partial charge in [-0.2, -0.15) is 0 Å². The van der Waals surface area contributed by atoms with Crippen LogP contribution in [0.15, 0.2) is 60.4 Å². The van der Waals surface area contributed by atoms with E-state index in [0.29, 0.717) is 5.56 Å². The molecule has 4 heterocycles. The van der Waals surface area contributed by atoms with Crippen molar-refractivity contribution in [2.24, 2.45) is 0 Å². The van der Waals surface area contributed by atoms with Gasteiger partial charge in [-0.15, -0.1) is 0 Å². The highest BCUT2D eigenvalue weighted by Crippen LogP contribution is 2.48. The quantitative estimate of drug-likeness (QED) is 0.0392. The number of hydrogen-bond acceptors (Lipinski definition) is 22. The van der Waals surface area contributed by atoms with Gasteiger partial charge in [0.25, 0.3) is 11.9 Å². The topological polar surface area (TPSA) is 378 Å². The van der Waals surface area contributed by atoms with Crippen LogP contribution < -0.4 is 4.74 Å². The molecule has 23 nitrogen and oxygen atoms in total. The first-order chi connectivity index (χ1) is 30.8. The monoisotopic (exact) mass is 921 g/mol. The molecule has 1 unspecified atom stereocenters. The van der Waals surface area contributed by atoms with Gasteiger partial charge in [-0.25, -0.2) is 4.79 Å². The van der Waals surface area contributed by atoms with Crippen molar-refractivity contribution in [1.29, 1.82) is 0 Å². The Bertz CT molecular complexity index is 2190. The zero-order chi connectivity index (χ0) is 47.0. The molecule has 3 aromatic rings. The second-order valence-corrected chi connectivity index (χ2v) is 15.7. The largest absolute Gasteiger partial charge is 0.571 e. The molecule has 0 radical (unpaired) electrons. The third-order valence-corrected chi connectivity index (χ3v) is 11.1. The van der Waals surface area contributed by atoms with Crippen molar-refractivity contribution in [3.05, 3.63) is 77.1 Å². The number of hydrogen-bond donors (Lipinski definition) is 14. The molecule has 65 heavy (non-hydrogen) atoms. The van der Waals surface area contributed by atoms with Gasteiger partial charge in [-0.05, 0) is 42.8 Å². The fourth-order valence-electron chi connectivity index (χ4n) is 7.49. The number of aromatic hydroxyl groups is 6. The molecule has 0 spiro atoms. The molecular formula is C42H49O23+. The predicted octanol–water partition coefficient (Wildman–Crippen LogP) is -2.34. The van der Waals surface area contributed by atoms with Gasteiger partial charge in [0.1, 0.15) is 83.9 Å². The minimum atomic E-state index is -2.01. The van der Waals surface area contributed by atoms with Crippen LogP contribution in [0.2, 0.25) is 0 Å². The first-order valence-corrected chi connectivity index (χ1v) is 20.0. The number of phenolic OH excluding ortho intramolecular Hbond substituents is 5. The molecule has 4 aliphatic heterocycles. The highest BCUT2D eigenvalue weighted by Gasteiger charge is 2.50. The molecule has 0 aromatic heterocycles. The first-order valence-electron chi connectivity index (χ1n) is 20.0. The molecule has 23 heteroatoms. The van der Waals surface area contributed by atoms with Crippen LogP contribution in [0.1, 0.15) is 29.7 Å². The average molecular weight is 922 g/mol. The van der Waals surface area contributed by atoms with Crippen molar-refractivity contribution >= 4 is 18.1 Å². The summed E-state index contributed by atoms with van der Waals surface area (Å²) in [5.41, 5.74) is 0.494. The number of phenols is 5. The summed E-state index contributed by atoms with van der Waals surface area (Å²) in [4.78, 5) is 12.6. The van der Waals surface area contributed by atoms with E-state index in [9.17, 15) is 76.3 Å². The van der Waals surface area contributed by atoms with Gasteiger partial charge in [0.05, 0.1) is 30.9 Å². The molecule has 3 aromatic carbocycles. The summed E-state index contributed by atoms with van der Waals surface area (Å²) in [7, 11) is 0. The molecule has 15 N–H and O–H groups in total. The minimum Gasteiger partial charge on any atom is -0.571 e. The number of carbonyl (C=O) groups is 1. The lowest BCUT2D eigenvalue weighted by Crippen LogP contribution is -2.61. The van der Waals surface area contributed by atoms with E-state index in [-0.39, 0.29) is 34.1 Å². The maximum Gasteiger partial charge on any atom is 0.331 e. The maximum atomic E-state index is 12.6. The lowest BCUT2D eigenvalue weighted by atomic mass is 9.98. The first kappa shape index (κ1) is 47.5. The lowest BCUT2D eigenvalue weighted by Gasteiger charge is -2.43. The molecule has 7 rings (SSSR count). The number of benzene rings is 3. The zero-order valence-corrected chi connectivity index (χ0v) is 34.0. The highest BCUT2D eigenvalue weighted by molar-refractivity contribution is 5.87. The van der Waals surface area contributed by atoms with Crippen LogP contribution in [-0.4, -0.2) is 188 Å². The molecule has 0 saturated carbocycles. The third kappa shape index (κ3) is 10.0. The molecule has 3 fully saturated rings. The number of ether oxygens (including phenoxy) is 8. The number of rotatable bonds is 12. The summed E-state index contributed by atoms with van der Waals surface area (Å²) in [6.45, 7) is -0.0383. The van der Waals surface area contributed by atoms with E-state index >= 15 is 0 Å². The molecule has 16 atom stereocenters. The van der Waals surface area contributed by atoms with Crippen LogP contribution in [0.4, 0.5) is 0 Å². The molecule has 0 bridgehead atoms. The van der Waals surface area contributed by atoms with Gasteiger partial charge in [0.15, 0.2) is 35.4 Å². The predicted molar refractivity (Wildman–Crippen MR) is 213 cm³/mol. The summed E-state index contributed by atoms with van der Waals surface area (Å²) >= 11 is 0. The minimum absolute atomic E-state index is 0.0162. The highest BCUT2D eigenvalue weighted by atomic mass is 16.7. The van der Waals surface area contributed by atoms with Crippen LogP contribution in [0.5, 0.6) is 40.2 Å². The number of aliphatic hydroxyl groups excluding tert-OH is 9. The van der Waals surface area contributed by atoms with Crippen LogP contribution >= 0.6 is 0 Å². The Morgan fingerprint density at radius 3 is 1.94 bits per heavy atom. The summed E-state index contributed by atoms with van der Waals surface area (Å²) in [6.07, 6.45) is -23.2. The molecule has 0 aliphatic carbocycles. The van der Waals surface area contributed by atoms with E-state index in [2.05, 4.69) is 4.74 Å². The maximum absolute atomic E-state index is 12.6. The summed E-state index contributed by atoms with van der Waals surface area (Å²) in [6, 6.07) is 10.2. The van der Waals surface area contributed by atoms with Crippen molar-refractivity contribution in [3.63, 3.8) is 0 Å². The zero-order valence-electron chi connectivity index (χ0n) is 34.0. The van der Waals surface area contributed by atoms with E-state index in [1.54, 1.807) is 12.1 Å². The van der Waals surface area contributed by atoms with E-state index in [0.717, 1.165) is 30.3 Å². The van der Waals surface area contributed by atoms with Crippen molar-refractivity contribution in [2.75, 3.05) is 13.2 Å². The van der Waals surface area contributed by atoms with Crippen molar-refractivity contribution < 1.29 is 114 Å². The number of aliphatic hydroxyl groups is 10. The smallest absolute Gasteiger partial charge is 0.331 e. The Morgan fingerprint density at radius 1 is 0.692 bits per heavy atom. The SMILES string of the molecule is C[C@@H]1O[C@@H](OC[C@H]2O[C@@H](OC3=Cc4c(O[C@@H]5O[C@H](CO)[C@@H](O)[C@H](O)[C@H]5O)cc(O)cc4[OH+]C3c3cc(O)c(O)c(O)c3)[C@@H](O)[C@@H](O)[C@@H]2O)[C@@H](O)[C@H](O)[C@H]1OC(=O)/C=C\c1ccc(O)cc1. The second-order valence-electron chi connectivity index (χ2n) is 15.7. The van der Waals surface area contributed by atoms with Crippen LogP contribution in [0.25, 0.3) is 12.2 Å². The van der Waals surface area contributed by atoms with Gasteiger partial charge in [0.2, 0.25) is 12.6 Å². The molecular weight excluding hydrogens is 872 g/mol. The normalized spacial score (nSPS) is 34.8. The van der Waals surface area contributed by atoms with E-state index in [1.165, 1.54) is 31.2 Å². The third-order valence-electron chi connectivity index (χ3n) is 11.1. The Labute approximate surface area is 367 Å². The number of carbonyl (C=O) groups excluding carboxylic acids is 1. The van der Waals surface area contributed by atoms with Crippen LogP contribution in [0, 0.1) is 0 Å². The lowest BCUT2D eigenvalue weighted by molar-refractivity contribution is -0.325.